The van der Waals surface area contributed by atoms with E-state index in [1.807, 2.05) is 60.7 Å². The molecule has 0 aliphatic rings. The van der Waals surface area contributed by atoms with E-state index in [2.05, 4.69) is 0 Å². The molecule has 0 spiro atoms. The number of hydrogen-bond donors (Lipinski definition) is 0. The van der Waals surface area contributed by atoms with Gasteiger partial charge in [0.15, 0.2) is 0 Å². The Morgan fingerprint density at radius 2 is 1.00 bits per heavy atom. The fourth-order valence-corrected chi connectivity index (χ4v) is 1.11. The highest BCUT2D eigenvalue weighted by molar-refractivity contribution is 6.80. The van der Waals surface area contributed by atoms with Crippen LogP contribution in [0.1, 0.15) is 0 Å². The van der Waals surface area contributed by atoms with Crippen LogP contribution in [0, 0.1) is 0 Å². The predicted molar refractivity (Wildman–Crippen MR) is 68.8 cm³/mol. The van der Waals surface area contributed by atoms with E-state index in [-0.39, 0.29) is 0 Å². The Balaban J connectivity index is 0.000000531. The standard InChI is InChI=1S/C12H10O.ClH3Si/c1-3-7-11(8-4-1)13-12-9-5-2-6-10-12;1-2/h1-10H;2H3. The summed E-state index contributed by atoms with van der Waals surface area (Å²) in [4.78, 5) is 0. The molecule has 2 rings (SSSR count). The first-order chi connectivity index (χ1) is 7.45. The average molecular weight is 237 g/mol. The number of benzene rings is 2. The summed E-state index contributed by atoms with van der Waals surface area (Å²) in [5.74, 6) is 1.74. The molecule has 0 bridgehead atoms. The monoisotopic (exact) mass is 236 g/mol. The second kappa shape index (κ2) is 7.09. The van der Waals surface area contributed by atoms with Crippen molar-refractivity contribution in [1.29, 1.82) is 0 Å². The van der Waals surface area contributed by atoms with E-state index in [9.17, 15) is 0 Å². The molecule has 0 N–H and O–H groups in total. The van der Waals surface area contributed by atoms with Crippen LogP contribution in [0.2, 0.25) is 0 Å². The van der Waals surface area contributed by atoms with E-state index in [0.717, 1.165) is 21.1 Å². The lowest BCUT2D eigenvalue weighted by atomic mass is 10.3. The zero-order valence-corrected chi connectivity index (χ0v) is 11.3. The lowest BCUT2D eigenvalue weighted by Gasteiger charge is -2.03. The molecule has 0 atom stereocenters. The van der Waals surface area contributed by atoms with Crippen LogP contribution >= 0.6 is 11.1 Å². The summed E-state index contributed by atoms with van der Waals surface area (Å²) in [6.45, 7) is 0. The molecule has 15 heavy (non-hydrogen) atoms. The molecule has 0 aliphatic carbocycles. The van der Waals surface area contributed by atoms with Crippen LogP contribution in [-0.2, 0) is 0 Å². The van der Waals surface area contributed by atoms with Crippen LogP contribution in [0.25, 0.3) is 0 Å². The van der Waals surface area contributed by atoms with Crippen molar-refractivity contribution in [2.75, 3.05) is 0 Å². The minimum absolute atomic E-state index is 0.778. The van der Waals surface area contributed by atoms with Gasteiger partial charge >= 0.3 is 0 Å². The largest absolute Gasteiger partial charge is 0.457 e. The summed E-state index contributed by atoms with van der Waals surface area (Å²) in [7, 11) is 0.778. The molecule has 0 amide bonds. The second-order valence-corrected chi connectivity index (χ2v) is 2.73. The molecule has 0 aliphatic heterocycles. The molecule has 0 radical (unpaired) electrons. The Labute approximate surface area is 97.8 Å². The van der Waals surface area contributed by atoms with E-state index in [0.29, 0.717) is 0 Å². The molecule has 0 aromatic heterocycles. The Bertz CT molecular complexity index is 326. The normalized spacial score (nSPS) is 8.87. The Kier molecular flexibility index (Phi) is 5.59. The third kappa shape index (κ3) is 4.19. The van der Waals surface area contributed by atoms with Crippen molar-refractivity contribution in [3.05, 3.63) is 60.7 Å². The van der Waals surface area contributed by atoms with Gasteiger partial charge in [-0.2, -0.15) is 11.1 Å². The number of para-hydroxylation sites is 2. The summed E-state index contributed by atoms with van der Waals surface area (Å²) in [5.41, 5.74) is 0. The molecule has 2 aromatic rings. The van der Waals surface area contributed by atoms with Crippen molar-refractivity contribution in [2.45, 2.75) is 0 Å². The molecule has 0 saturated heterocycles. The first-order valence-corrected chi connectivity index (χ1v) is 7.63. The third-order valence-corrected chi connectivity index (χ3v) is 1.72. The number of ether oxygens (including phenoxy) is 1. The van der Waals surface area contributed by atoms with Gasteiger partial charge in [0.2, 0.25) is 0 Å². The molecular formula is C12H13ClOSi. The number of rotatable bonds is 2. The van der Waals surface area contributed by atoms with Crippen LogP contribution in [0.5, 0.6) is 11.5 Å². The van der Waals surface area contributed by atoms with Crippen LogP contribution in [0.15, 0.2) is 60.7 Å². The molecule has 1 nitrogen and oxygen atoms in total. The minimum atomic E-state index is 0.778. The van der Waals surface area contributed by atoms with Crippen LogP contribution < -0.4 is 4.74 Å². The average Bonchev–Trinajstić information content (AvgIpc) is 2.34. The van der Waals surface area contributed by atoms with Crippen molar-refractivity contribution in [3.8, 4) is 11.5 Å². The zero-order chi connectivity index (χ0) is 10.9. The van der Waals surface area contributed by atoms with Gasteiger partial charge in [-0.1, -0.05) is 36.4 Å². The van der Waals surface area contributed by atoms with Gasteiger partial charge in [-0.25, -0.2) is 0 Å². The molecule has 0 unspecified atom stereocenters. The summed E-state index contributed by atoms with van der Waals surface area (Å²) < 4.78 is 5.58. The smallest absolute Gasteiger partial charge is 0.127 e. The van der Waals surface area contributed by atoms with E-state index < -0.39 is 0 Å². The van der Waals surface area contributed by atoms with Crippen LogP contribution in [0.3, 0.4) is 0 Å². The number of hydrogen-bond acceptors (Lipinski definition) is 1. The molecule has 0 fully saturated rings. The van der Waals surface area contributed by atoms with E-state index in [4.69, 9.17) is 15.8 Å². The molecule has 2 aromatic carbocycles. The summed E-state index contributed by atoms with van der Waals surface area (Å²) in [5, 5.41) is 0. The maximum absolute atomic E-state index is 5.58. The second-order valence-electron chi connectivity index (χ2n) is 2.73. The zero-order valence-electron chi connectivity index (χ0n) is 8.56. The van der Waals surface area contributed by atoms with Crippen molar-refractivity contribution >= 4 is 20.6 Å². The fourth-order valence-electron chi connectivity index (χ4n) is 1.11. The maximum Gasteiger partial charge on any atom is 0.127 e. The van der Waals surface area contributed by atoms with Crippen LogP contribution in [0.4, 0.5) is 0 Å². The first kappa shape index (κ1) is 11.8. The summed E-state index contributed by atoms with van der Waals surface area (Å²) in [6, 6.07) is 19.5. The van der Waals surface area contributed by atoms with E-state index >= 15 is 0 Å². The van der Waals surface area contributed by atoms with Gasteiger partial charge in [-0.15, -0.1) is 0 Å². The highest BCUT2D eigenvalue weighted by atomic mass is 35.6. The molecule has 0 heterocycles. The SMILES string of the molecule is [SiH3]Cl.c1ccc(Oc2ccccc2)cc1. The van der Waals surface area contributed by atoms with Gasteiger partial charge in [0.05, 0.1) is 0 Å². The molecule has 0 saturated carbocycles. The lowest BCUT2D eigenvalue weighted by Crippen LogP contribution is -1.81. The molecule has 3 heteroatoms. The quantitative estimate of drug-likeness (QED) is 0.576. The van der Waals surface area contributed by atoms with Crippen molar-refractivity contribution in [1.82, 2.24) is 0 Å². The highest BCUT2D eigenvalue weighted by Crippen LogP contribution is 2.19. The Morgan fingerprint density at radius 1 is 0.667 bits per heavy atom. The summed E-state index contributed by atoms with van der Waals surface area (Å²) >= 11 is 4.78. The molecular weight excluding hydrogens is 224 g/mol. The van der Waals surface area contributed by atoms with Gasteiger partial charge in [0, 0.05) is 0 Å². The van der Waals surface area contributed by atoms with Crippen molar-refractivity contribution < 1.29 is 4.74 Å². The Morgan fingerprint density at radius 3 is 1.33 bits per heavy atom. The first-order valence-electron chi connectivity index (χ1n) is 4.61. The van der Waals surface area contributed by atoms with Crippen molar-refractivity contribution in [3.63, 3.8) is 0 Å². The molecule has 78 valence electrons. The van der Waals surface area contributed by atoms with Gasteiger partial charge in [0.25, 0.3) is 0 Å². The number of halogens is 1. The predicted octanol–water partition coefficient (Wildman–Crippen LogP) is 2.98. The summed E-state index contributed by atoms with van der Waals surface area (Å²) in [6.07, 6.45) is 0. The topological polar surface area (TPSA) is 9.23 Å². The van der Waals surface area contributed by atoms with Crippen LogP contribution in [-0.4, -0.2) is 9.55 Å². The minimum Gasteiger partial charge on any atom is -0.457 e. The van der Waals surface area contributed by atoms with Gasteiger partial charge in [-0.3, -0.25) is 0 Å². The van der Waals surface area contributed by atoms with Crippen molar-refractivity contribution in [2.24, 2.45) is 0 Å². The van der Waals surface area contributed by atoms with Gasteiger partial charge < -0.3 is 4.74 Å². The van der Waals surface area contributed by atoms with E-state index in [1.165, 1.54) is 0 Å². The van der Waals surface area contributed by atoms with E-state index in [1.54, 1.807) is 0 Å². The third-order valence-electron chi connectivity index (χ3n) is 1.72. The maximum atomic E-state index is 5.58. The highest BCUT2D eigenvalue weighted by Gasteiger charge is 1.92. The van der Waals surface area contributed by atoms with Gasteiger partial charge in [0.1, 0.15) is 21.1 Å². The fraction of sp³-hybridized carbons (Fsp3) is 0. The lowest BCUT2D eigenvalue weighted by molar-refractivity contribution is 0.482. The van der Waals surface area contributed by atoms with Gasteiger partial charge in [-0.05, 0) is 24.3 Å². The Hall–Kier alpha value is -1.25.